The van der Waals surface area contributed by atoms with Crippen LogP contribution < -0.4 is 5.32 Å². The van der Waals surface area contributed by atoms with Gasteiger partial charge in [-0.15, -0.1) is 12.4 Å². The molecular formula is C14H20ClN3O5. The number of nitrogens with one attached hydrogen (secondary N) is 1. The van der Waals surface area contributed by atoms with Gasteiger partial charge in [0.05, 0.1) is 17.5 Å². The molecule has 9 heteroatoms. The van der Waals surface area contributed by atoms with E-state index in [1.807, 2.05) is 6.92 Å². The number of anilines is 1. The Kier molecular flexibility index (Phi) is 8.82. The molecule has 0 bridgehead atoms. The lowest BCUT2D eigenvalue weighted by Crippen LogP contribution is -2.44. The van der Waals surface area contributed by atoms with E-state index in [1.54, 1.807) is 11.8 Å². The summed E-state index contributed by atoms with van der Waals surface area (Å²) in [6.45, 7) is 3.79. The van der Waals surface area contributed by atoms with Crippen LogP contribution in [0.3, 0.4) is 0 Å². The van der Waals surface area contributed by atoms with Crippen molar-refractivity contribution in [1.29, 1.82) is 0 Å². The predicted octanol–water partition coefficient (Wildman–Crippen LogP) is 2.14. The monoisotopic (exact) mass is 345 g/mol. The summed E-state index contributed by atoms with van der Waals surface area (Å²) < 4.78 is 0. The second-order valence-electron chi connectivity index (χ2n) is 4.83. The lowest BCUT2D eigenvalue weighted by Gasteiger charge is -2.26. The average molecular weight is 346 g/mol. The molecule has 8 nitrogen and oxygen atoms in total. The van der Waals surface area contributed by atoms with Crippen LogP contribution in [0.25, 0.3) is 0 Å². The molecule has 0 spiro atoms. The van der Waals surface area contributed by atoms with Gasteiger partial charge in [-0.1, -0.05) is 6.92 Å². The molecule has 0 saturated carbocycles. The SMILES string of the molecule is CCCN(CC(=O)O)C(C)C(=O)Nc1ccc([N+](=O)[O-])cc1.Cl. The number of carbonyl (C=O) groups excluding carboxylic acids is 1. The van der Waals surface area contributed by atoms with Crippen LogP contribution in [0.2, 0.25) is 0 Å². The number of carboxylic acid groups (broad SMARTS) is 1. The number of benzene rings is 1. The predicted molar refractivity (Wildman–Crippen MR) is 87.9 cm³/mol. The smallest absolute Gasteiger partial charge is 0.317 e. The van der Waals surface area contributed by atoms with Crippen molar-refractivity contribution in [2.24, 2.45) is 0 Å². The normalized spacial score (nSPS) is 11.4. The second-order valence-corrected chi connectivity index (χ2v) is 4.83. The van der Waals surface area contributed by atoms with E-state index in [2.05, 4.69) is 5.32 Å². The summed E-state index contributed by atoms with van der Waals surface area (Å²) in [7, 11) is 0. The number of nitrogens with zero attached hydrogens (tertiary/aromatic N) is 2. The lowest BCUT2D eigenvalue weighted by molar-refractivity contribution is -0.384. The standard InChI is InChI=1S/C14H19N3O5.ClH/c1-3-8-16(9-13(18)19)10(2)14(20)15-11-4-6-12(7-5-11)17(21)22;/h4-7,10H,3,8-9H2,1-2H3,(H,15,20)(H,18,19);1H. The van der Waals surface area contributed by atoms with Gasteiger partial charge in [-0.3, -0.25) is 24.6 Å². The van der Waals surface area contributed by atoms with Crippen LogP contribution in [0.5, 0.6) is 0 Å². The van der Waals surface area contributed by atoms with Crippen molar-refractivity contribution < 1.29 is 19.6 Å². The van der Waals surface area contributed by atoms with Gasteiger partial charge in [0.1, 0.15) is 0 Å². The molecule has 1 aromatic rings. The van der Waals surface area contributed by atoms with E-state index in [9.17, 15) is 19.7 Å². The van der Waals surface area contributed by atoms with Gasteiger partial charge < -0.3 is 10.4 Å². The van der Waals surface area contributed by atoms with Gasteiger partial charge in [0.15, 0.2) is 0 Å². The summed E-state index contributed by atoms with van der Waals surface area (Å²) in [4.78, 5) is 34.6. The highest BCUT2D eigenvalue weighted by atomic mass is 35.5. The molecule has 0 radical (unpaired) electrons. The quantitative estimate of drug-likeness (QED) is 0.551. The first kappa shape index (κ1) is 20.8. The Hall–Kier alpha value is -2.19. The van der Waals surface area contributed by atoms with Crippen LogP contribution in [-0.4, -0.2) is 45.9 Å². The molecule has 1 rings (SSSR count). The third-order valence-corrected chi connectivity index (χ3v) is 3.12. The maximum Gasteiger partial charge on any atom is 0.317 e. The number of hydrogen-bond acceptors (Lipinski definition) is 5. The summed E-state index contributed by atoms with van der Waals surface area (Å²) >= 11 is 0. The summed E-state index contributed by atoms with van der Waals surface area (Å²) in [6, 6.07) is 4.84. The van der Waals surface area contributed by atoms with E-state index in [0.717, 1.165) is 6.42 Å². The zero-order valence-electron chi connectivity index (χ0n) is 12.9. The number of carboxylic acids is 1. The first-order chi connectivity index (χ1) is 10.3. The fourth-order valence-corrected chi connectivity index (χ4v) is 1.95. The number of aliphatic carboxylic acids is 1. The van der Waals surface area contributed by atoms with Gasteiger partial charge in [-0.05, 0) is 32.0 Å². The maximum absolute atomic E-state index is 12.1. The van der Waals surface area contributed by atoms with E-state index in [-0.39, 0.29) is 30.5 Å². The van der Waals surface area contributed by atoms with Gasteiger partial charge in [0.2, 0.25) is 5.91 Å². The van der Waals surface area contributed by atoms with Gasteiger partial charge >= 0.3 is 5.97 Å². The first-order valence-electron chi connectivity index (χ1n) is 6.86. The highest BCUT2D eigenvalue weighted by molar-refractivity contribution is 5.94. The minimum absolute atomic E-state index is 0. The van der Waals surface area contributed by atoms with E-state index in [0.29, 0.717) is 12.2 Å². The van der Waals surface area contributed by atoms with E-state index < -0.39 is 16.9 Å². The van der Waals surface area contributed by atoms with E-state index >= 15 is 0 Å². The summed E-state index contributed by atoms with van der Waals surface area (Å²) in [5.74, 6) is -1.35. The zero-order valence-corrected chi connectivity index (χ0v) is 13.7. The number of nitro groups is 1. The van der Waals surface area contributed by atoms with Gasteiger partial charge in [-0.25, -0.2) is 0 Å². The highest BCUT2D eigenvalue weighted by Crippen LogP contribution is 2.16. The number of nitro benzene ring substituents is 1. The number of hydrogen-bond donors (Lipinski definition) is 2. The van der Waals surface area contributed by atoms with Crippen LogP contribution in [0.15, 0.2) is 24.3 Å². The number of non-ortho nitro benzene ring substituents is 1. The Morgan fingerprint density at radius 2 is 1.91 bits per heavy atom. The third kappa shape index (κ3) is 6.62. The number of amides is 1. The fraction of sp³-hybridized carbons (Fsp3) is 0.429. The first-order valence-corrected chi connectivity index (χ1v) is 6.86. The molecule has 0 aliphatic rings. The van der Waals surface area contributed by atoms with Crippen LogP contribution in [0.4, 0.5) is 11.4 Å². The minimum Gasteiger partial charge on any atom is -0.480 e. The van der Waals surface area contributed by atoms with Crippen LogP contribution in [0, 0.1) is 10.1 Å². The molecule has 1 atom stereocenters. The van der Waals surface area contributed by atoms with Crippen molar-refractivity contribution in [3.8, 4) is 0 Å². The average Bonchev–Trinajstić information content (AvgIpc) is 2.46. The van der Waals surface area contributed by atoms with Crippen LogP contribution in [0.1, 0.15) is 20.3 Å². The molecule has 128 valence electrons. The molecule has 23 heavy (non-hydrogen) atoms. The second kappa shape index (κ2) is 9.75. The van der Waals surface area contributed by atoms with Gasteiger partial charge in [0, 0.05) is 17.8 Å². The molecular weight excluding hydrogens is 326 g/mol. The van der Waals surface area contributed by atoms with Crippen molar-refractivity contribution in [1.82, 2.24) is 4.90 Å². The van der Waals surface area contributed by atoms with Crippen molar-refractivity contribution in [3.05, 3.63) is 34.4 Å². The minimum atomic E-state index is -0.997. The summed E-state index contributed by atoms with van der Waals surface area (Å²) in [5, 5.41) is 22.1. The lowest BCUT2D eigenvalue weighted by atomic mass is 10.2. The molecule has 0 aliphatic heterocycles. The highest BCUT2D eigenvalue weighted by Gasteiger charge is 2.22. The molecule has 0 saturated heterocycles. The molecule has 2 N–H and O–H groups in total. The number of halogens is 1. The summed E-state index contributed by atoms with van der Waals surface area (Å²) in [6.07, 6.45) is 0.725. The topological polar surface area (TPSA) is 113 Å². The number of rotatable bonds is 8. The Morgan fingerprint density at radius 3 is 2.35 bits per heavy atom. The number of carbonyl (C=O) groups is 2. The van der Waals surface area contributed by atoms with E-state index in [1.165, 1.54) is 24.3 Å². The zero-order chi connectivity index (χ0) is 16.7. The third-order valence-electron chi connectivity index (χ3n) is 3.12. The van der Waals surface area contributed by atoms with E-state index in [4.69, 9.17) is 5.11 Å². The Labute approximate surface area is 140 Å². The molecule has 0 aliphatic carbocycles. The Balaban J connectivity index is 0.00000484. The van der Waals surface area contributed by atoms with Crippen molar-refractivity contribution in [3.63, 3.8) is 0 Å². The fourth-order valence-electron chi connectivity index (χ4n) is 1.95. The van der Waals surface area contributed by atoms with Crippen molar-refractivity contribution >= 4 is 35.7 Å². The Bertz CT molecular complexity index is 550. The van der Waals surface area contributed by atoms with Gasteiger partial charge in [-0.2, -0.15) is 0 Å². The largest absolute Gasteiger partial charge is 0.480 e. The van der Waals surface area contributed by atoms with Crippen LogP contribution in [-0.2, 0) is 9.59 Å². The Morgan fingerprint density at radius 1 is 1.35 bits per heavy atom. The van der Waals surface area contributed by atoms with Crippen molar-refractivity contribution in [2.45, 2.75) is 26.3 Å². The maximum atomic E-state index is 12.1. The van der Waals surface area contributed by atoms with Gasteiger partial charge in [0.25, 0.3) is 5.69 Å². The molecule has 0 heterocycles. The van der Waals surface area contributed by atoms with Crippen LogP contribution >= 0.6 is 12.4 Å². The molecule has 1 aromatic carbocycles. The molecule has 1 unspecified atom stereocenters. The molecule has 0 aromatic heterocycles. The molecule has 0 fully saturated rings. The van der Waals surface area contributed by atoms with Crippen molar-refractivity contribution in [2.75, 3.05) is 18.4 Å². The molecule has 1 amide bonds. The summed E-state index contributed by atoms with van der Waals surface area (Å²) in [5.41, 5.74) is 0.360.